The first kappa shape index (κ1) is 21.4. The first-order valence-corrected chi connectivity index (χ1v) is 11.8. The predicted molar refractivity (Wildman–Crippen MR) is 135 cm³/mol. The molecule has 0 atom stereocenters. The molecular formula is C29H29N3O. The van der Waals surface area contributed by atoms with Gasteiger partial charge in [0.15, 0.2) is 0 Å². The van der Waals surface area contributed by atoms with Gasteiger partial charge in [0.25, 0.3) is 5.91 Å². The fourth-order valence-electron chi connectivity index (χ4n) is 4.53. The first-order valence-electron chi connectivity index (χ1n) is 11.8. The number of hydrogen-bond donors (Lipinski definition) is 1. The van der Waals surface area contributed by atoms with E-state index < -0.39 is 0 Å². The van der Waals surface area contributed by atoms with Crippen molar-refractivity contribution in [3.63, 3.8) is 0 Å². The molecule has 1 aliphatic heterocycles. The summed E-state index contributed by atoms with van der Waals surface area (Å²) in [5.74, 6) is -0.119. The van der Waals surface area contributed by atoms with Gasteiger partial charge < -0.3 is 5.32 Å². The molecule has 0 aliphatic carbocycles. The lowest BCUT2D eigenvalue weighted by atomic mass is 10.0. The van der Waals surface area contributed by atoms with Gasteiger partial charge in [0.1, 0.15) is 0 Å². The Bertz CT molecular complexity index is 1230. The smallest absolute Gasteiger partial charge is 0.255 e. The van der Waals surface area contributed by atoms with Crippen LogP contribution in [0.4, 0.5) is 5.69 Å². The van der Waals surface area contributed by atoms with Crippen molar-refractivity contribution >= 4 is 22.5 Å². The van der Waals surface area contributed by atoms with Gasteiger partial charge >= 0.3 is 0 Å². The van der Waals surface area contributed by atoms with E-state index in [1.54, 1.807) is 0 Å². The lowest BCUT2D eigenvalue weighted by Crippen LogP contribution is -2.23. The SMILES string of the molecule is O=C(Nc1ccc2cc(CN3CCCCCC3)cnc2c1)c1ccc(-c2ccccc2)cc1. The van der Waals surface area contributed by atoms with Crippen LogP contribution < -0.4 is 5.32 Å². The van der Waals surface area contributed by atoms with E-state index in [0.29, 0.717) is 5.56 Å². The highest BCUT2D eigenvalue weighted by Gasteiger charge is 2.11. The Morgan fingerprint density at radius 3 is 2.30 bits per heavy atom. The number of pyridine rings is 1. The summed E-state index contributed by atoms with van der Waals surface area (Å²) in [6.07, 6.45) is 7.25. The minimum Gasteiger partial charge on any atom is -0.322 e. The van der Waals surface area contributed by atoms with Crippen LogP contribution >= 0.6 is 0 Å². The molecule has 5 rings (SSSR count). The molecule has 1 N–H and O–H groups in total. The average Bonchev–Trinajstić information content (AvgIpc) is 3.13. The molecule has 0 bridgehead atoms. The molecule has 2 heterocycles. The Kier molecular flexibility index (Phi) is 6.45. The molecule has 1 fully saturated rings. The van der Waals surface area contributed by atoms with Crippen molar-refractivity contribution < 1.29 is 4.79 Å². The summed E-state index contributed by atoms with van der Waals surface area (Å²) < 4.78 is 0. The molecule has 4 nitrogen and oxygen atoms in total. The van der Waals surface area contributed by atoms with Gasteiger partial charge in [-0.2, -0.15) is 0 Å². The number of anilines is 1. The van der Waals surface area contributed by atoms with Crippen LogP contribution in [0.3, 0.4) is 0 Å². The van der Waals surface area contributed by atoms with Crippen molar-refractivity contribution in [1.82, 2.24) is 9.88 Å². The van der Waals surface area contributed by atoms with E-state index in [1.807, 2.05) is 66.9 Å². The van der Waals surface area contributed by atoms with Crippen LogP contribution in [0, 0.1) is 0 Å². The summed E-state index contributed by atoms with van der Waals surface area (Å²) in [4.78, 5) is 20.0. The number of benzene rings is 3. The van der Waals surface area contributed by atoms with Crippen molar-refractivity contribution in [1.29, 1.82) is 0 Å². The Hall–Kier alpha value is -3.50. The Balaban J connectivity index is 1.26. The van der Waals surface area contributed by atoms with Gasteiger partial charge in [-0.3, -0.25) is 14.7 Å². The number of nitrogens with zero attached hydrogens (tertiary/aromatic N) is 2. The Morgan fingerprint density at radius 1 is 0.818 bits per heavy atom. The van der Waals surface area contributed by atoms with Gasteiger partial charge in [-0.1, -0.05) is 61.4 Å². The monoisotopic (exact) mass is 435 g/mol. The topological polar surface area (TPSA) is 45.2 Å². The molecule has 1 saturated heterocycles. The van der Waals surface area contributed by atoms with Crippen molar-refractivity contribution in [3.8, 4) is 11.1 Å². The predicted octanol–water partition coefficient (Wildman–Crippen LogP) is 6.53. The normalized spacial score (nSPS) is 14.7. The van der Waals surface area contributed by atoms with Crippen LogP contribution in [-0.2, 0) is 6.54 Å². The molecule has 0 radical (unpaired) electrons. The van der Waals surface area contributed by atoms with Gasteiger partial charge in [0.05, 0.1) is 5.52 Å². The zero-order chi connectivity index (χ0) is 22.5. The van der Waals surface area contributed by atoms with E-state index in [1.165, 1.54) is 44.3 Å². The van der Waals surface area contributed by atoms with Gasteiger partial charge in [0.2, 0.25) is 0 Å². The van der Waals surface area contributed by atoms with E-state index in [2.05, 4.69) is 33.4 Å². The van der Waals surface area contributed by atoms with Crippen LogP contribution in [0.1, 0.15) is 41.6 Å². The maximum atomic E-state index is 12.8. The summed E-state index contributed by atoms with van der Waals surface area (Å²) in [7, 11) is 0. The zero-order valence-electron chi connectivity index (χ0n) is 18.8. The molecular weight excluding hydrogens is 406 g/mol. The average molecular weight is 436 g/mol. The van der Waals surface area contributed by atoms with Crippen molar-refractivity contribution in [2.24, 2.45) is 0 Å². The highest BCUT2D eigenvalue weighted by molar-refractivity contribution is 6.05. The van der Waals surface area contributed by atoms with Gasteiger partial charge in [-0.25, -0.2) is 0 Å². The molecule has 33 heavy (non-hydrogen) atoms. The number of fused-ring (bicyclic) bond motifs is 1. The number of nitrogens with one attached hydrogen (secondary N) is 1. The van der Waals surface area contributed by atoms with Gasteiger partial charge in [0, 0.05) is 29.4 Å². The molecule has 166 valence electrons. The zero-order valence-corrected chi connectivity index (χ0v) is 18.8. The van der Waals surface area contributed by atoms with Crippen LogP contribution in [0.15, 0.2) is 85.1 Å². The standard InChI is InChI=1S/C29H29N3O/c33-29(25-12-10-24(11-13-25)23-8-4-3-5-9-23)31-27-15-14-26-18-22(20-30-28(26)19-27)21-32-16-6-1-2-7-17-32/h3-5,8-15,18-20H,1-2,6-7,16-17,21H2,(H,31,33). The second kappa shape index (κ2) is 9.97. The number of likely N-dealkylation sites (tertiary alicyclic amines) is 1. The summed E-state index contributed by atoms with van der Waals surface area (Å²) in [6.45, 7) is 3.31. The summed E-state index contributed by atoms with van der Waals surface area (Å²) >= 11 is 0. The van der Waals surface area contributed by atoms with Crippen molar-refractivity contribution in [2.75, 3.05) is 18.4 Å². The number of carbonyl (C=O) groups is 1. The third kappa shape index (κ3) is 5.29. The Labute approximate surface area is 195 Å². The van der Waals surface area contributed by atoms with E-state index in [-0.39, 0.29) is 5.91 Å². The fourth-order valence-corrected chi connectivity index (χ4v) is 4.53. The highest BCUT2D eigenvalue weighted by Crippen LogP contribution is 2.22. The number of amides is 1. The minimum atomic E-state index is -0.119. The fraction of sp³-hybridized carbons (Fsp3) is 0.241. The van der Waals surface area contributed by atoms with Crippen LogP contribution in [0.25, 0.3) is 22.0 Å². The largest absolute Gasteiger partial charge is 0.322 e. The van der Waals surface area contributed by atoms with E-state index in [4.69, 9.17) is 0 Å². The number of aromatic nitrogens is 1. The summed E-state index contributed by atoms with van der Waals surface area (Å²) in [5, 5.41) is 4.11. The third-order valence-electron chi connectivity index (χ3n) is 6.36. The van der Waals surface area contributed by atoms with Crippen LogP contribution in [-0.4, -0.2) is 28.9 Å². The van der Waals surface area contributed by atoms with Crippen molar-refractivity contribution in [3.05, 3.63) is 96.2 Å². The molecule has 1 aliphatic rings. The molecule has 4 aromatic rings. The second-order valence-electron chi connectivity index (χ2n) is 8.84. The molecule has 0 saturated carbocycles. The van der Waals surface area contributed by atoms with Gasteiger partial charge in [-0.15, -0.1) is 0 Å². The lowest BCUT2D eigenvalue weighted by Gasteiger charge is -2.19. The molecule has 0 unspecified atom stereocenters. The van der Waals surface area contributed by atoms with E-state index >= 15 is 0 Å². The quantitative estimate of drug-likeness (QED) is 0.388. The van der Waals surface area contributed by atoms with E-state index in [9.17, 15) is 4.79 Å². The number of hydrogen-bond acceptors (Lipinski definition) is 3. The van der Waals surface area contributed by atoms with Gasteiger partial charge in [-0.05, 0) is 73.0 Å². The lowest BCUT2D eigenvalue weighted by molar-refractivity contribution is 0.102. The maximum Gasteiger partial charge on any atom is 0.255 e. The molecule has 1 aromatic heterocycles. The second-order valence-corrected chi connectivity index (χ2v) is 8.84. The maximum absolute atomic E-state index is 12.8. The summed E-state index contributed by atoms with van der Waals surface area (Å²) in [6, 6.07) is 26.0. The summed E-state index contributed by atoms with van der Waals surface area (Å²) in [5.41, 5.74) is 5.77. The molecule has 1 amide bonds. The molecule has 3 aromatic carbocycles. The van der Waals surface area contributed by atoms with Crippen LogP contribution in [0.5, 0.6) is 0 Å². The van der Waals surface area contributed by atoms with Crippen molar-refractivity contribution in [2.45, 2.75) is 32.2 Å². The molecule has 4 heteroatoms. The Morgan fingerprint density at radius 2 is 1.55 bits per heavy atom. The van der Waals surface area contributed by atoms with E-state index in [0.717, 1.165) is 34.3 Å². The first-order chi connectivity index (χ1) is 16.2. The number of rotatable bonds is 5. The highest BCUT2D eigenvalue weighted by atomic mass is 16.1. The minimum absolute atomic E-state index is 0.119. The number of carbonyl (C=O) groups excluding carboxylic acids is 1. The molecule has 0 spiro atoms. The van der Waals surface area contributed by atoms with Crippen LogP contribution in [0.2, 0.25) is 0 Å². The third-order valence-corrected chi connectivity index (χ3v) is 6.36.